The lowest BCUT2D eigenvalue weighted by atomic mass is 10.1. The van der Waals surface area contributed by atoms with Crippen molar-refractivity contribution in [2.75, 3.05) is 25.1 Å². The monoisotopic (exact) mass is 461 g/mol. The highest BCUT2D eigenvalue weighted by atomic mass is 79.9. The first-order chi connectivity index (χ1) is 14.0. The second kappa shape index (κ2) is 10.6. The number of halogens is 1. The molecule has 3 rings (SSSR count). The van der Waals surface area contributed by atoms with Crippen molar-refractivity contribution < 1.29 is 19.0 Å². The van der Waals surface area contributed by atoms with Gasteiger partial charge in [0.25, 0.3) is 5.91 Å². The highest BCUT2D eigenvalue weighted by Gasteiger charge is 2.18. The molecule has 1 saturated heterocycles. The zero-order valence-corrected chi connectivity index (χ0v) is 18.5. The van der Waals surface area contributed by atoms with E-state index in [0.29, 0.717) is 41.9 Å². The average Bonchev–Trinajstić information content (AvgIpc) is 3.21. The smallest absolute Gasteiger partial charge is 0.259 e. The second-order valence-corrected chi connectivity index (χ2v) is 8.48. The molecule has 1 unspecified atom stereocenters. The molecule has 1 atom stereocenters. The van der Waals surface area contributed by atoms with E-state index in [0.717, 1.165) is 30.3 Å². The zero-order chi connectivity index (χ0) is 20.6. The Hall–Kier alpha value is -2.05. The molecule has 0 bridgehead atoms. The third-order valence-corrected chi connectivity index (χ3v) is 5.22. The van der Waals surface area contributed by atoms with Gasteiger partial charge in [0, 0.05) is 11.1 Å². The first-order valence-corrected chi connectivity index (χ1v) is 10.9. The summed E-state index contributed by atoms with van der Waals surface area (Å²) in [6.45, 7) is 6.13. The topological polar surface area (TPSA) is 56.8 Å². The van der Waals surface area contributed by atoms with E-state index in [1.807, 2.05) is 36.4 Å². The molecule has 6 heteroatoms. The summed E-state index contributed by atoms with van der Waals surface area (Å²) in [6.07, 6.45) is 3.11. The lowest BCUT2D eigenvalue weighted by molar-refractivity contribution is 0.0682. The van der Waals surface area contributed by atoms with Gasteiger partial charge in [-0.25, -0.2) is 0 Å². The van der Waals surface area contributed by atoms with Crippen molar-refractivity contribution in [2.24, 2.45) is 5.92 Å². The van der Waals surface area contributed by atoms with E-state index < -0.39 is 0 Å². The van der Waals surface area contributed by atoms with Crippen molar-refractivity contribution in [3.63, 3.8) is 0 Å². The fraction of sp³-hybridized carbons (Fsp3) is 0.435. The number of nitrogens with one attached hydrogen (secondary N) is 1. The number of benzene rings is 2. The fourth-order valence-corrected chi connectivity index (χ4v) is 3.42. The predicted octanol–water partition coefficient (Wildman–Crippen LogP) is 5.68. The van der Waals surface area contributed by atoms with E-state index >= 15 is 0 Å². The number of rotatable bonds is 9. The Kier molecular flexibility index (Phi) is 7.95. The Labute approximate surface area is 180 Å². The molecule has 5 nitrogen and oxygen atoms in total. The molecule has 0 aliphatic carbocycles. The molecule has 0 spiro atoms. The fourth-order valence-electron chi connectivity index (χ4n) is 3.05. The van der Waals surface area contributed by atoms with Gasteiger partial charge in [-0.15, -0.1) is 0 Å². The number of hydrogen-bond acceptors (Lipinski definition) is 4. The lowest BCUT2D eigenvalue weighted by Crippen LogP contribution is -2.18. The van der Waals surface area contributed by atoms with Crippen molar-refractivity contribution in [3.8, 4) is 11.5 Å². The Balaban J connectivity index is 1.70. The molecular formula is C23H28BrNO4. The van der Waals surface area contributed by atoms with E-state index in [1.165, 1.54) is 0 Å². The number of carbonyl (C=O) groups is 1. The molecule has 1 heterocycles. The van der Waals surface area contributed by atoms with E-state index in [-0.39, 0.29) is 12.0 Å². The summed E-state index contributed by atoms with van der Waals surface area (Å²) in [5.74, 6) is 1.51. The maximum absolute atomic E-state index is 13.0. The van der Waals surface area contributed by atoms with Crippen molar-refractivity contribution in [3.05, 3.63) is 52.5 Å². The molecule has 0 radical (unpaired) electrons. The number of carbonyl (C=O) groups excluding carboxylic acids is 1. The van der Waals surface area contributed by atoms with Gasteiger partial charge in [-0.2, -0.15) is 0 Å². The van der Waals surface area contributed by atoms with Gasteiger partial charge < -0.3 is 19.5 Å². The molecule has 1 N–H and O–H groups in total. The van der Waals surface area contributed by atoms with Gasteiger partial charge >= 0.3 is 0 Å². The Bertz CT molecular complexity index is 818. The van der Waals surface area contributed by atoms with Crippen LogP contribution in [0.4, 0.5) is 5.69 Å². The van der Waals surface area contributed by atoms with E-state index in [4.69, 9.17) is 14.2 Å². The maximum atomic E-state index is 13.0. The van der Waals surface area contributed by atoms with Crippen molar-refractivity contribution in [1.82, 2.24) is 0 Å². The van der Waals surface area contributed by atoms with Crippen molar-refractivity contribution in [2.45, 2.75) is 39.2 Å². The molecule has 2 aromatic carbocycles. The van der Waals surface area contributed by atoms with Crippen LogP contribution >= 0.6 is 15.9 Å². The van der Waals surface area contributed by atoms with E-state index in [2.05, 4.69) is 35.1 Å². The minimum Gasteiger partial charge on any atom is -0.493 e. The Morgan fingerprint density at radius 1 is 1.21 bits per heavy atom. The molecule has 1 aliphatic rings. The molecule has 1 aliphatic heterocycles. The van der Waals surface area contributed by atoms with E-state index in [9.17, 15) is 4.79 Å². The summed E-state index contributed by atoms with van der Waals surface area (Å²) >= 11 is 3.44. The summed E-state index contributed by atoms with van der Waals surface area (Å²) in [6, 6.07) is 12.9. The van der Waals surface area contributed by atoms with Crippen LogP contribution in [0.2, 0.25) is 0 Å². The van der Waals surface area contributed by atoms with Crippen LogP contribution in [0, 0.1) is 5.92 Å². The van der Waals surface area contributed by atoms with Gasteiger partial charge in [0.15, 0.2) is 0 Å². The molecule has 29 heavy (non-hydrogen) atoms. The number of hydrogen-bond donors (Lipinski definition) is 1. The second-order valence-electron chi connectivity index (χ2n) is 7.57. The van der Waals surface area contributed by atoms with Crippen LogP contribution in [0.5, 0.6) is 11.5 Å². The van der Waals surface area contributed by atoms with Crippen LogP contribution in [-0.4, -0.2) is 31.8 Å². The molecule has 156 valence electrons. The van der Waals surface area contributed by atoms with Gasteiger partial charge in [-0.3, -0.25) is 4.79 Å². The number of para-hydroxylation sites is 2. The molecule has 1 fully saturated rings. The molecule has 0 aromatic heterocycles. The Morgan fingerprint density at radius 3 is 2.79 bits per heavy atom. The van der Waals surface area contributed by atoms with E-state index in [1.54, 1.807) is 6.07 Å². The van der Waals surface area contributed by atoms with Gasteiger partial charge in [-0.05, 0) is 55.5 Å². The minimum absolute atomic E-state index is 0.116. The normalized spacial score (nSPS) is 16.1. The van der Waals surface area contributed by atoms with Crippen LogP contribution in [-0.2, 0) is 4.74 Å². The summed E-state index contributed by atoms with van der Waals surface area (Å²) in [5, 5.41) is 2.96. The number of anilines is 1. The first kappa shape index (κ1) is 21.7. The summed E-state index contributed by atoms with van der Waals surface area (Å²) in [5.41, 5.74) is 1.11. The molecule has 2 aromatic rings. The quantitative estimate of drug-likeness (QED) is 0.521. The maximum Gasteiger partial charge on any atom is 0.259 e. The van der Waals surface area contributed by atoms with Crippen LogP contribution in [0.25, 0.3) is 0 Å². The Morgan fingerprint density at radius 2 is 2.03 bits per heavy atom. The molecule has 0 saturated carbocycles. The van der Waals surface area contributed by atoms with Gasteiger partial charge in [0.2, 0.25) is 0 Å². The van der Waals surface area contributed by atoms with Crippen LogP contribution in [0.15, 0.2) is 46.9 Å². The number of amides is 1. The third kappa shape index (κ3) is 6.47. The summed E-state index contributed by atoms with van der Waals surface area (Å²) in [4.78, 5) is 13.0. The minimum atomic E-state index is -0.237. The lowest BCUT2D eigenvalue weighted by Gasteiger charge is -2.16. The predicted molar refractivity (Wildman–Crippen MR) is 118 cm³/mol. The van der Waals surface area contributed by atoms with Crippen molar-refractivity contribution >= 4 is 27.5 Å². The highest BCUT2D eigenvalue weighted by Crippen LogP contribution is 2.29. The van der Waals surface area contributed by atoms with Crippen LogP contribution in [0.3, 0.4) is 0 Å². The SMILES string of the molecule is CC(C)CCOc1ccc(Br)cc1C(=O)Nc1ccccc1OCC1CCCO1. The zero-order valence-electron chi connectivity index (χ0n) is 16.9. The summed E-state index contributed by atoms with van der Waals surface area (Å²) in [7, 11) is 0. The molecular weight excluding hydrogens is 434 g/mol. The third-order valence-electron chi connectivity index (χ3n) is 4.72. The van der Waals surface area contributed by atoms with Gasteiger partial charge in [0.1, 0.15) is 18.1 Å². The average molecular weight is 462 g/mol. The highest BCUT2D eigenvalue weighted by molar-refractivity contribution is 9.10. The van der Waals surface area contributed by atoms with Crippen LogP contribution in [0.1, 0.15) is 43.5 Å². The first-order valence-electron chi connectivity index (χ1n) is 10.1. The van der Waals surface area contributed by atoms with Crippen molar-refractivity contribution in [1.29, 1.82) is 0 Å². The van der Waals surface area contributed by atoms with Gasteiger partial charge in [0.05, 0.1) is 24.0 Å². The standard InChI is InChI=1S/C23H28BrNO4/c1-16(2)11-13-28-21-10-9-17(24)14-19(21)23(26)25-20-7-3-4-8-22(20)29-15-18-6-5-12-27-18/h3-4,7-10,14,16,18H,5-6,11-13,15H2,1-2H3,(H,25,26). The van der Waals surface area contributed by atoms with Crippen LogP contribution < -0.4 is 14.8 Å². The number of ether oxygens (including phenoxy) is 3. The molecule has 1 amide bonds. The summed E-state index contributed by atoms with van der Waals surface area (Å²) < 4.78 is 18.2. The van der Waals surface area contributed by atoms with Gasteiger partial charge in [-0.1, -0.05) is 41.9 Å². The largest absolute Gasteiger partial charge is 0.493 e.